The maximum Gasteiger partial charge on any atom is 0.161 e. The normalized spacial score (nSPS) is 23.3. The van der Waals surface area contributed by atoms with Gasteiger partial charge in [-0.25, -0.2) is 0 Å². The highest BCUT2D eigenvalue weighted by Gasteiger charge is 2.43. The summed E-state index contributed by atoms with van der Waals surface area (Å²) in [5.74, 6) is 3.36. The molecule has 0 saturated carbocycles. The molecule has 0 saturated heterocycles. The number of likely N-dealkylation sites (N-methyl/N-ethyl adjacent to an activating group) is 1. The standard InChI is InChI=1S/C22H27NO4/c1-12-22-14-9-19(25-4)18(24-3)8-13(14)7-17(23(12)2)15-10-20(26-5)21(27-6)11-16(15)22/h8-12,17,22H,7H2,1-6H3/t12-,17-,22+/m1/s1. The molecule has 3 atom stereocenters. The summed E-state index contributed by atoms with van der Waals surface area (Å²) in [4.78, 5) is 2.47. The Hall–Kier alpha value is -2.40. The van der Waals surface area contributed by atoms with Crippen LogP contribution in [-0.2, 0) is 6.42 Å². The maximum absolute atomic E-state index is 5.60. The van der Waals surface area contributed by atoms with Gasteiger partial charge in [-0.2, -0.15) is 0 Å². The Kier molecular flexibility index (Phi) is 4.42. The molecule has 0 unspecified atom stereocenters. The van der Waals surface area contributed by atoms with Gasteiger partial charge in [-0.1, -0.05) is 0 Å². The lowest BCUT2D eigenvalue weighted by Crippen LogP contribution is -2.41. The minimum absolute atomic E-state index is 0.235. The summed E-state index contributed by atoms with van der Waals surface area (Å²) in [7, 11) is 8.97. The van der Waals surface area contributed by atoms with Gasteiger partial charge in [0.2, 0.25) is 0 Å². The van der Waals surface area contributed by atoms with Gasteiger partial charge in [-0.05, 0) is 66.9 Å². The van der Waals surface area contributed by atoms with Crippen molar-refractivity contribution >= 4 is 0 Å². The molecule has 2 heterocycles. The number of fused-ring (bicyclic) bond motifs is 1. The topological polar surface area (TPSA) is 40.2 Å². The highest BCUT2D eigenvalue weighted by molar-refractivity contribution is 5.59. The molecule has 0 amide bonds. The van der Waals surface area contributed by atoms with Crippen LogP contribution >= 0.6 is 0 Å². The highest BCUT2D eigenvalue weighted by Crippen LogP contribution is 2.52. The molecule has 0 N–H and O–H groups in total. The molecule has 144 valence electrons. The molecule has 0 radical (unpaired) electrons. The van der Waals surface area contributed by atoms with E-state index in [2.05, 4.69) is 43.1 Å². The third kappa shape index (κ3) is 2.56. The molecule has 2 aromatic rings. The average molecular weight is 369 g/mol. The van der Waals surface area contributed by atoms with Gasteiger partial charge in [-0.15, -0.1) is 0 Å². The van der Waals surface area contributed by atoms with Crippen molar-refractivity contribution in [3.63, 3.8) is 0 Å². The lowest BCUT2D eigenvalue weighted by atomic mass is 9.79. The Morgan fingerprint density at radius 1 is 0.741 bits per heavy atom. The van der Waals surface area contributed by atoms with Crippen molar-refractivity contribution in [3.8, 4) is 23.0 Å². The summed E-state index contributed by atoms with van der Waals surface area (Å²) in [6.07, 6.45) is 0.926. The minimum Gasteiger partial charge on any atom is -0.493 e. The third-order valence-electron chi connectivity index (χ3n) is 6.29. The molecule has 2 aromatic carbocycles. The predicted molar refractivity (Wildman–Crippen MR) is 105 cm³/mol. The van der Waals surface area contributed by atoms with E-state index in [0.717, 1.165) is 29.4 Å². The van der Waals surface area contributed by atoms with Crippen molar-refractivity contribution < 1.29 is 18.9 Å². The fourth-order valence-corrected chi connectivity index (χ4v) is 4.76. The third-order valence-corrected chi connectivity index (χ3v) is 6.29. The van der Waals surface area contributed by atoms with Crippen LogP contribution in [0.1, 0.15) is 41.1 Å². The summed E-state index contributed by atoms with van der Waals surface area (Å²) in [5.41, 5.74) is 5.25. The molecule has 5 nitrogen and oxygen atoms in total. The van der Waals surface area contributed by atoms with Crippen LogP contribution in [0.15, 0.2) is 24.3 Å². The molecule has 5 heteroatoms. The van der Waals surface area contributed by atoms with E-state index < -0.39 is 0 Å². The summed E-state index contributed by atoms with van der Waals surface area (Å²) >= 11 is 0. The Balaban J connectivity index is 1.98. The lowest BCUT2D eigenvalue weighted by Gasteiger charge is -2.42. The lowest BCUT2D eigenvalue weighted by molar-refractivity contribution is 0.159. The van der Waals surface area contributed by atoms with Gasteiger partial charge in [0.15, 0.2) is 23.0 Å². The van der Waals surface area contributed by atoms with Crippen molar-refractivity contribution in [3.05, 3.63) is 46.5 Å². The van der Waals surface area contributed by atoms with Crippen LogP contribution in [0.5, 0.6) is 23.0 Å². The number of methoxy groups -OCH3 is 4. The van der Waals surface area contributed by atoms with E-state index in [1.807, 2.05) is 0 Å². The SMILES string of the molecule is COc1cc2c(cc1OC)[C@H]1c3cc(OC)c(OC)cc3[C@@H](C2)N(C)[C@@H]1C. The van der Waals surface area contributed by atoms with Gasteiger partial charge >= 0.3 is 0 Å². The summed E-state index contributed by atoms with van der Waals surface area (Å²) < 4.78 is 22.3. The van der Waals surface area contributed by atoms with Crippen molar-refractivity contribution in [2.45, 2.75) is 31.3 Å². The van der Waals surface area contributed by atoms with Gasteiger partial charge < -0.3 is 18.9 Å². The number of rotatable bonds is 4. The number of hydrogen-bond donors (Lipinski definition) is 0. The Labute approximate surface area is 160 Å². The number of ether oxygens (including phenoxy) is 4. The van der Waals surface area contributed by atoms with Gasteiger partial charge in [-0.3, -0.25) is 4.90 Å². The second kappa shape index (κ2) is 6.64. The first-order valence-corrected chi connectivity index (χ1v) is 9.26. The van der Waals surface area contributed by atoms with Crippen LogP contribution in [-0.4, -0.2) is 46.4 Å². The molecular formula is C22H27NO4. The molecule has 3 aliphatic rings. The second-order valence-corrected chi connectivity index (χ2v) is 7.35. The van der Waals surface area contributed by atoms with Crippen molar-refractivity contribution in [2.75, 3.05) is 35.5 Å². The van der Waals surface area contributed by atoms with Gasteiger partial charge in [0.05, 0.1) is 28.4 Å². The van der Waals surface area contributed by atoms with E-state index in [4.69, 9.17) is 18.9 Å². The van der Waals surface area contributed by atoms with E-state index in [1.54, 1.807) is 28.4 Å². The first kappa shape index (κ1) is 18.0. The van der Waals surface area contributed by atoms with E-state index >= 15 is 0 Å². The smallest absolute Gasteiger partial charge is 0.161 e. The summed E-state index contributed by atoms with van der Waals surface area (Å²) in [6, 6.07) is 9.23. The molecule has 2 bridgehead atoms. The van der Waals surface area contributed by atoms with Gasteiger partial charge in [0.1, 0.15) is 0 Å². The van der Waals surface area contributed by atoms with Crippen LogP contribution in [0.25, 0.3) is 0 Å². The average Bonchev–Trinajstić information content (AvgIpc) is 2.89. The Bertz CT molecular complexity index is 879. The van der Waals surface area contributed by atoms with E-state index in [-0.39, 0.29) is 12.0 Å². The minimum atomic E-state index is 0.235. The summed E-state index contributed by atoms with van der Waals surface area (Å²) in [6.45, 7) is 2.29. The van der Waals surface area contributed by atoms with Crippen molar-refractivity contribution in [1.82, 2.24) is 4.90 Å². The quantitative estimate of drug-likeness (QED) is 0.820. The zero-order chi connectivity index (χ0) is 19.3. The van der Waals surface area contributed by atoms with Crippen molar-refractivity contribution in [2.24, 2.45) is 0 Å². The molecule has 0 fully saturated rings. The molecule has 1 aliphatic carbocycles. The molecule has 27 heavy (non-hydrogen) atoms. The zero-order valence-electron chi connectivity index (χ0n) is 16.8. The van der Waals surface area contributed by atoms with Gasteiger partial charge in [0.25, 0.3) is 0 Å². The van der Waals surface area contributed by atoms with Crippen LogP contribution in [0.4, 0.5) is 0 Å². The monoisotopic (exact) mass is 369 g/mol. The molecule has 5 rings (SSSR count). The first-order chi connectivity index (χ1) is 13.0. The molecular weight excluding hydrogens is 342 g/mol. The summed E-state index contributed by atoms with van der Waals surface area (Å²) in [5, 5.41) is 0. The largest absolute Gasteiger partial charge is 0.493 e. The number of hydrogen-bond acceptors (Lipinski definition) is 5. The van der Waals surface area contributed by atoms with Crippen molar-refractivity contribution in [1.29, 1.82) is 0 Å². The van der Waals surface area contributed by atoms with Crippen LogP contribution in [0, 0.1) is 0 Å². The molecule has 2 aliphatic heterocycles. The Morgan fingerprint density at radius 2 is 1.22 bits per heavy atom. The maximum atomic E-state index is 5.60. The number of nitrogens with zero attached hydrogens (tertiary/aromatic N) is 1. The van der Waals surface area contributed by atoms with E-state index in [1.165, 1.54) is 22.3 Å². The van der Waals surface area contributed by atoms with Gasteiger partial charge in [0, 0.05) is 18.0 Å². The first-order valence-electron chi connectivity index (χ1n) is 9.26. The van der Waals surface area contributed by atoms with Crippen LogP contribution in [0.2, 0.25) is 0 Å². The second-order valence-electron chi connectivity index (χ2n) is 7.35. The van der Waals surface area contributed by atoms with Crippen LogP contribution in [0.3, 0.4) is 0 Å². The predicted octanol–water partition coefficient (Wildman–Crippen LogP) is 3.78. The molecule has 0 aromatic heterocycles. The fourth-order valence-electron chi connectivity index (χ4n) is 4.76. The highest BCUT2D eigenvalue weighted by atomic mass is 16.5. The zero-order valence-corrected chi connectivity index (χ0v) is 16.8. The van der Waals surface area contributed by atoms with E-state index in [9.17, 15) is 0 Å². The van der Waals surface area contributed by atoms with Crippen LogP contribution < -0.4 is 18.9 Å². The molecule has 0 spiro atoms. The number of benzene rings is 2. The Morgan fingerprint density at radius 3 is 1.78 bits per heavy atom. The fraction of sp³-hybridized carbons (Fsp3) is 0.455. The van der Waals surface area contributed by atoms with E-state index in [0.29, 0.717) is 6.04 Å².